The number of ketones is 1. The predicted octanol–water partition coefficient (Wildman–Crippen LogP) is 4.51. The van der Waals surface area contributed by atoms with Crippen molar-refractivity contribution in [3.8, 4) is 0 Å². The average molecular weight is 401 g/mol. The number of aliphatic hydroxyl groups is 1. The zero-order valence-electron chi connectivity index (χ0n) is 18.5. The molecule has 0 amide bonds. The summed E-state index contributed by atoms with van der Waals surface area (Å²) in [6.07, 6.45) is 9.75. The number of allylic oxidation sites excluding steroid dienone is 2. The topological polar surface area (TPSA) is 63.6 Å². The fourth-order valence-electron chi connectivity index (χ4n) is 7.65. The van der Waals surface area contributed by atoms with Crippen LogP contribution < -0.4 is 0 Å². The smallest absolute Gasteiger partial charge is 0.313 e. The zero-order valence-corrected chi connectivity index (χ0v) is 18.5. The van der Waals surface area contributed by atoms with Gasteiger partial charge in [-0.05, 0) is 81.5 Å². The van der Waals surface area contributed by atoms with Gasteiger partial charge in [-0.1, -0.05) is 26.0 Å². The lowest BCUT2D eigenvalue weighted by atomic mass is 9.46. The van der Waals surface area contributed by atoms with E-state index in [1.165, 1.54) is 0 Å². The van der Waals surface area contributed by atoms with Crippen LogP contribution in [0, 0.1) is 51.8 Å². The van der Waals surface area contributed by atoms with Gasteiger partial charge in [-0.25, -0.2) is 0 Å². The Labute approximate surface area is 174 Å². The largest absolute Gasteiger partial charge is 0.433 e. The molecule has 0 aliphatic heterocycles. The molecule has 5 rings (SSSR count). The molecule has 4 saturated carbocycles. The minimum atomic E-state index is -1.36. The molecule has 4 heteroatoms. The molecular weight excluding hydrogens is 364 g/mol. The Bertz CT molecular complexity index is 793. The Morgan fingerprint density at radius 1 is 1.17 bits per heavy atom. The van der Waals surface area contributed by atoms with Crippen molar-refractivity contribution in [2.45, 2.75) is 78.9 Å². The molecule has 4 nitrogen and oxygen atoms in total. The molecular formula is C25H36O4. The molecule has 0 aromatic carbocycles. The third-order valence-corrected chi connectivity index (χ3v) is 9.54. The predicted molar refractivity (Wildman–Crippen MR) is 109 cm³/mol. The summed E-state index contributed by atoms with van der Waals surface area (Å²) in [7, 11) is 0. The summed E-state index contributed by atoms with van der Waals surface area (Å²) >= 11 is 0. The van der Waals surface area contributed by atoms with E-state index in [0.717, 1.165) is 25.7 Å². The number of ether oxygens (including phenoxy) is 1. The highest BCUT2D eigenvalue weighted by molar-refractivity contribution is 5.92. The van der Waals surface area contributed by atoms with E-state index in [2.05, 4.69) is 26.0 Å². The van der Waals surface area contributed by atoms with Gasteiger partial charge >= 0.3 is 5.97 Å². The summed E-state index contributed by atoms with van der Waals surface area (Å²) in [5, 5.41) is 11.1. The van der Waals surface area contributed by atoms with Gasteiger partial charge in [-0.2, -0.15) is 0 Å². The van der Waals surface area contributed by atoms with Crippen molar-refractivity contribution in [1.82, 2.24) is 0 Å². The molecule has 1 N–H and O–H groups in total. The van der Waals surface area contributed by atoms with Crippen molar-refractivity contribution in [3.05, 3.63) is 12.2 Å². The van der Waals surface area contributed by atoms with E-state index in [0.29, 0.717) is 48.2 Å². The molecule has 4 fully saturated rings. The second-order valence-electron chi connectivity index (χ2n) is 12.3. The third-order valence-electron chi connectivity index (χ3n) is 9.54. The molecule has 0 saturated heterocycles. The SMILES string of the molecule is CC(C)(C)C(=O)O[C@@]1(O)CC[C@@]2(C)C(C=C[C@H]3[C@@H]4[C@@H]5C[C@@H]5C(=O)[C@@]4(C)CC[C@@H]32)C1. The van der Waals surface area contributed by atoms with Crippen molar-refractivity contribution in [2.24, 2.45) is 51.8 Å². The van der Waals surface area contributed by atoms with Crippen molar-refractivity contribution >= 4 is 11.8 Å². The quantitative estimate of drug-likeness (QED) is 0.400. The number of carbonyl (C=O) groups excluding carboxylic acids is 2. The molecule has 0 spiro atoms. The fourth-order valence-corrected chi connectivity index (χ4v) is 7.65. The number of esters is 1. The molecule has 0 aromatic heterocycles. The van der Waals surface area contributed by atoms with E-state index < -0.39 is 11.2 Å². The first-order chi connectivity index (χ1) is 13.4. The van der Waals surface area contributed by atoms with Crippen LogP contribution in [0.2, 0.25) is 0 Å². The molecule has 29 heavy (non-hydrogen) atoms. The number of hydrogen-bond donors (Lipinski definition) is 1. The molecule has 0 bridgehead atoms. The standard InChI is InChI=1S/C25H36O4/c1-22(2,3)21(27)29-25(28)11-10-23(4)14(13-25)6-7-15-18(23)8-9-24(5)19(15)16-12-17(16)20(24)26/h6-7,14-19,28H,8-13H2,1-5H3/t14?,15-,16-,17+,18+,19-,23+,24+,25+/m1/s1. The van der Waals surface area contributed by atoms with E-state index >= 15 is 0 Å². The van der Waals surface area contributed by atoms with E-state index in [1.54, 1.807) is 0 Å². The van der Waals surface area contributed by atoms with Crippen LogP contribution in [0.3, 0.4) is 0 Å². The van der Waals surface area contributed by atoms with Gasteiger partial charge in [0, 0.05) is 24.2 Å². The number of Topliss-reactive ketones (excluding diaryl/α,β-unsaturated/α-hetero) is 1. The maximum Gasteiger partial charge on any atom is 0.313 e. The lowest BCUT2D eigenvalue weighted by Crippen LogP contribution is -2.56. The highest BCUT2D eigenvalue weighted by Crippen LogP contribution is 2.71. The van der Waals surface area contributed by atoms with Crippen molar-refractivity contribution in [3.63, 3.8) is 0 Å². The van der Waals surface area contributed by atoms with Gasteiger partial charge in [-0.3, -0.25) is 9.59 Å². The van der Waals surface area contributed by atoms with Crippen molar-refractivity contribution in [1.29, 1.82) is 0 Å². The van der Waals surface area contributed by atoms with Gasteiger partial charge in [0.1, 0.15) is 5.78 Å². The molecule has 0 heterocycles. The van der Waals surface area contributed by atoms with E-state index in [1.807, 2.05) is 20.8 Å². The van der Waals surface area contributed by atoms with Gasteiger partial charge < -0.3 is 9.84 Å². The summed E-state index contributed by atoms with van der Waals surface area (Å²) in [5.74, 6) is 1.57. The van der Waals surface area contributed by atoms with E-state index in [9.17, 15) is 14.7 Å². The van der Waals surface area contributed by atoms with Crippen LogP contribution in [0.25, 0.3) is 0 Å². The summed E-state index contributed by atoms with van der Waals surface area (Å²) in [6, 6.07) is 0. The molecule has 0 aromatic rings. The molecule has 5 aliphatic carbocycles. The average Bonchev–Trinajstić information content (AvgIpc) is 3.36. The highest BCUT2D eigenvalue weighted by Gasteiger charge is 2.70. The summed E-state index contributed by atoms with van der Waals surface area (Å²) in [6.45, 7) is 10.1. The maximum absolute atomic E-state index is 12.9. The molecule has 160 valence electrons. The summed E-state index contributed by atoms with van der Waals surface area (Å²) in [5.41, 5.74) is -0.620. The first-order valence-electron chi connectivity index (χ1n) is 11.6. The highest BCUT2D eigenvalue weighted by atomic mass is 16.7. The first kappa shape index (κ1) is 19.8. The van der Waals surface area contributed by atoms with Crippen LogP contribution >= 0.6 is 0 Å². The number of hydrogen-bond acceptors (Lipinski definition) is 4. The van der Waals surface area contributed by atoms with E-state index in [-0.39, 0.29) is 22.7 Å². The second-order valence-corrected chi connectivity index (χ2v) is 12.3. The second kappa shape index (κ2) is 5.75. The van der Waals surface area contributed by atoms with Gasteiger partial charge in [0.2, 0.25) is 5.79 Å². The summed E-state index contributed by atoms with van der Waals surface area (Å²) < 4.78 is 5.63. The monoisotopic (exact) mass is 400 g/mol. The van der Waals surface area contributed by atoms with Crippen LogP contribution in [0.4, 0.5) is 0 Å². The van der Waals surface area contributed by atoms with Crippen LogP contribution in [0.15, 0.2) is 12.2 Å². The van der Waals surface area contributed by atoms with Gasteiger partial charge in [0.05, 0.1) is 5.41 Å². The number of fused-ring (bicyclic) bond motifs is 7. The van der Waals surface area contributed by atoms with Crippen molar-refractivity contribution in [2.75, 3.05) is 0 Å². The molecule has 0 radical (unpaired) electrons. The van der Waals surface area contributed by atoms with Crippen LogP contribution in [0.1, 0.15) is 73.1 Å². The molecule has 1 unspecified atom stereocenters. The van der Waals surface area contributed by atoms with Gasteiger partial charge in [0.15, 0.2) is 0 Å². The Morgan fingerprint density at radius 2 is 1.90 bits per heavy atom. The fraction of sp³-hybridized carbons (Fsp3) is 0.840. The Morgan fingerprint density at radius 3 is 2.59 bits per heavy atom. The van der Waals surface area contributed by atoms with Crippen LogP contribution in [-0.2, 0) is 14.3 Å². The third kappa shape index (κ3) is 2.66. The summed E-state index contributed by atoms with van der Waals surface area (Å²) in [4.78, 5) is 25.3. The maximum atomic E-state index is 12.9. The molecule has 9 atom stereocenters. The minimum Gasteiger partial charge on any atom is -0.433 e. The van der Waals surface area contributed by atoms with Crippen LogP contribution in [-0.4, -0.2) is 22.6 Å². The lowest BCUT2D eigenvalue weighted by molar-refractivity contribution is -0.246. The van der Waals surface area contributed by atoms with Gasteiger partial charge in [-0.15, -0.1) is 0 Å². The lowest BCUT2D eigenvalue weighted by Gasteiger charge is -2.59. The Kier molecular flexibility index (Phi) is 3.92. The molecule has 5 aliphatic rings. The Balaban J connectivity index is 1.40. The van der Waals surface area contributed by atoms with E-state index in [4.69, 9.17) is 4.74 Å². The number of rotatable bonds is 1. The normalized spacial score (nSPS) is 52.8. The number of carbonyl (C=O) groups is 2. The first-order valence-corrected chi connectivity index (χ1v) is 11.6. The van der Waals surface area contributed by atoms with Gasteiger partial charge in [0.25, 0.3) is 0 Å². The van der Waals surface area contributed by atoms with Crippen LogP contribution in [0.5, 0.6) is 0 Å². The zero-order chi connectivity index (χ0) is 21.0. The Hall–Kier alpha value is -1.16. The van der Waals surface area contributed by atoms with Crippen molar-refractivity contribution < 1.29 is 19.4 Å². The minimum absolute atomic E-state index is 0.108.